The quantitative estimate of drug-likeness (QED) is 0.649. The summed E-state index contributed by atoms with van der Waals surface area (Å²) in [6, 6.07) is 2.00. The van der Waals surface area contributed by atoms with Gasteiger partial charge in [-0.25, -0.2) is 4.98 Å². The standard InChI is InChI=1S/C17H22N4O3/c1-10(2)15-7-14(23-21-15)6-12(4)17-20-13(8-22-17)5-11(3)16-18-9-19-24-16/h7-12H,5-6H2,1-4H3. The molecule has 3 aromatic rings. The Morgan fingerprint density at radius 1 is 1.00 bits per heavy atom. The van der Waals surface area contributed by atoms with Gasteiger partial charge < -0.3 is 13.5 Å². The van der Waals surface area contributed by atoms with Gasteiger partial charge in [0.1, 0.15) is 12.0 Å². The van der Waals surface area contributed by atoms with E-state index in [1.165, 1.54) is 6.33 Å². The molecule has 0 spiro atoms. The first-order chi connectivity index (χ1) is 11.5. The second-order valence-electron chi connectivity index (χ2n) is 6.54. The summed E-state index contributed by atoms with van der Waals surface area (Å²) in [6.45, 7) is 8.27. The molecule has 0 saturated carbocycles. The molecule has 0 aromatic carbocycles. The number of hydrogen-bond acceptors (Lipinski definition) is 7. The van der Waals surface area contributed by atoms with Crippen LogP contribution in [0.5, 0.6) is 0 Å². The van der Waals surface area contributed by atoms with Gasteiger partial charge in [0, 0.05) is 30.7 Å². The van der Waals surface area contributed by atoms with Crippen molar-refractivity contribution in [3.8, 4) is 0 Å². The summed E-state index contributed by atoms with van der Waals surface area (Å²) in [7, 11) is 0. The Balaban J connectivity index is 1.61. The van der Waals surface area contributed by atoms with E-state index in [-0.39, 0.29) is 11.8 Å². The maximum Gasteiger partial charge on any atom is 0.229 e. The summed E-state index contributed by atoms with van der Waals surface area (Å²) in [4.78, 5) is 8.65. The molecule has 0 aliphatic rings. The minimum atomic E-state index is 0.101. The molecule has 24 heavy (non-hydrogen) atoms. The molecular weight excluding hydrogens is 308 g/mol. The van der Waals surface area contributed by atoms with Crippen LogP contribution in [0.25, 0.3) is 0 Å². The van der Waals surface area contributed by atoms with Crippen LogP contribution >= 0.6 is 0 Å². The van der Waals surface area contributed by atoms with E-state index < -0.39 is 0 Å². The molecule has 7 heteroatoms. The third-order valence-corrected chi connectivity index (χ3v) is 3.98. The van der Waals surface area contributed by atoms with Crippen molar-refractivity contribution >= 4 is 0 Å². The molecule has 0 bridgehead atoms. The largest absolute Gasteiger partial charge is 0.448 e. The van der Waals surface area contributed by atoms with E-state index in [4.69, 9.17) is 13.5 Å². The first kappa shape index (κ1) is 16.4. The molecule has 0 radical (unpaired) electrons. The number of hydrogen-bond donors (Lipinski definition) is 0. The summed E-state index contributed by atoms with van der Waals surface area (Å²) in [6.07, 6.45) is 4.50. The van der Waals surface area contributed by atoms with Crippen LogP contribution in [0.2, 0.25) is 0 Å². The average molecular weight is 330 g/mol. The van der Waals surface area contributed by atoms with Gasteiger partial charge in [0.05, 0.1) is 11.4 Å². The van der Waals surface area contributed by atoms with E-state index in [0.717, 1.165) is 17.1 Å². The first-order valence-electron chi connectivity index (χ1n) is 8.19. The van der Waals surface area contributed by atoms with Gasteiger partial charge in [0.2, 0.25) is 5.89 Å². The average Bonchev–Trinajstić information content (AvgIpc) is 3.28. The van der Waals surface area contributed by atoms with Gasteiger partial charge in [0.25, 0.3) is 0 Å². The second kappa shape index (κ2) is 6.98. The van der Waals surface area contributed by atoms with Crippen molar-refractivity contribution < 1.29 is 13.5 Å². The summed E-state index contributed by atoms with van der Waals surface area (Å²) < 4.78 is 16.1. The van der Waals surface area contributed by atoms with Crippen LogP contribution in [-0.4, -0.2) is 20.3 Å². The highest BCUT2D eigenvalue weighted by atomic mass is 16.5. The predicted molar refractivity (Wildman–Crippen MR) is 85.6 cm³/mol. The van der Waals surface area contributed by atoms with Crippen molar-refractivity contribution in [2.75, 3.05) is 0 Å². The molecular formula is C17H22N4O3. The van der Waals surface area contributed by atoms with Gasteiger partial charge in [-0.1, -0.05) is 38.0 Å². The molecule has 0 saturated heterocycles. The number of aromatic nitrogens is 4. The lowest BCUT2D eigenvalue weighted by Crippen LogP contribution is -2.01. The van der Waals surface area contributed by atoms with Gasteiger partial charge in [-0.15, -0.1) is 0 Å². The Bertz CT molecular complexity index is 761. The molecule has 2 unspecified atom stereocenters. The van der Waals surface area contributed by atoms with Gasteiger partial charge in [-0.3, -0.25) is 0 Å². The summed E-state index contributed by atoms with van der Waals surface area (Å²) in [5.41, 5.74) is 1.85. The fraction of sp³-hybridized carbons (Fsp3) is 0.529. The Kier molecular flexibility index (Phi) is 4.78. The van der Waals surface area contributed by atoms with E-state index in [1.807, 2.05) is 13.0 Å². The molecule has 3 rings (SSSR count). The van der Waals surface area contributed by atoms with E-state index in [2.05, 4.69) is 41.1 Å². The lowest BCUT2D eigenvalue weighted by Gasteiger charge is -2.04. The zero-order valence-corrected chi connectivity index (χ0v) is 14.4. The molecule has 0 aliphatic heterocycles. The van der Waals surface area contributed by atoms with Crippen molar-refractivity contribution in [1.82, 2.24) is 20.3 Å². The van der Waals surface area contributed by atoms with Gasteiger partial charge in [0.15, 0.2) is 12.2 Å². The maximum absolute atomic E-state index is 5.63. The van der Waals surface area contributed by atoms with Crippen LogP contribution in [0.15, 0.2) is 32.1 Å². The zero-order valence-electron chi connectivity index (χ0n) is 14.4. The van der Waals surface area contributed by atoms with Gasteiger partial charge >= 0.3 is 0 Å². The predicted octanol–water partition coefficient (Wildman–Crippen LogP) is 3.86. The van der Waals surface area contributed by atoms with Crippen molar-refractivity contribution in [2.24, 2.45) is 0 Å². The Morgan fingerprint density at radius 2 is 1.79 bits per heavy atom. The highest BCUT2D eigenvalue weighted by Crippen LogP contribution is 2.24. The molecule has 3 aromatic heterocycles. The van der Waals surface area contributed by atoms with E-state index >= 15 is 0 Å². The third kappa shape index (κ3) is 3.72. The number of oxazole rings is 1. The molecule has 3 heterocycles. The number of nitrogens with zero attached hydrogens (tertiary/aromatic N) is 4. The molecule has 128 valence electrons. The minimum absolute atomic E-state index is 0.101. The van der Waals surface area contributed by atoms with Crippen molar-refractivity contribution in [3.63, 3.8) is 0 Å². The smallest absolute Gasteiger partial charge is 0.229 e. The summed E-state index contributed by atoms with van der Waals surface area (Å²) >= 11 is 0. The van der Waals surface area contributed by atoms with E-state index in [9.17, 15) is 0 Å². The second-order valence-corrected chi connectivity index (χ2v) is 6.54. The van der Waals surface area contributed by atoms with Crippen molar-refractivity contribution in [1.29, 1.82) is 0 Å². The molecule has 0 aliphatic carbocycles. The summed E-state index contributed by atoms with van der Waals surface area (Å²) in [5, 5.41) is 7.72. The van der Waals surface area contributed by atoms with Crippen LogP contribution in [0, 0.1) is 0 Å². The molecule has 2 atom stereocenters. The maximum atomic E-state index is 5.63. The van der Waals surface area contributed by atoms with E-state index in [1.54, 1.807) is 6.26 Å². The Hall–Kier alpha value is -2.44. The first-order valence-corrected chi connectivity index (χ1v) is 8.19. The lowest BCUT2D eigenvalue weighted by atomic mass is 10.0. The topological polar surface area (TPSA) is 91.0 Å². The zero-order chi connectivity index (χ0) is 17.1. The third-order valence-electron chi connectivity index (χ3n) is 3.98. The molecule has 0 amide bonds. The fourth-order valence-corrected chi connectivity index (χ4v) is 2.53. The molecule has 7 nitrogen and oxygen atoms in total. The lowest BCUT2D eigenvalue weighted by molar-refractivity contribution is 0.357. The number of rotatable bonds is 7. The minimum Gasteiger partial charge on any atom is -0.448 e. The van der Waals surface area contributed by atoms with Crippen LogP contribution in [0.1, 0.15) is 74.4 Å². The monoisotopic (exact) mass is 330 g/mol. The van der Waals surface area contributed by atoms with Crippen molar-refractivity contribution in [3.05, 3.63) is 47.6 Å². The Morgan fingerprint density at radius 3 is 2.46 bits per heavy atom. The van der Waals surface area contributed by atoms with Crippen LogP contribution in [-0.2, 0) is 12.8 Å². The van der Waals surface area contributed by atoms with Gasteiger partial charge in [-0.2, -0.15) is 4.98 Å². The normalized spacial score (nSPS) is 14.2. The Labute approximate surface area is 140 Å². The van der Waals surface area contributed by atoms with Crippen LogP contribution in [0.3, 0.4) is 0 Å². The van der Waals surface area contributed by atoms with Gasteiger partial charge in [-0.05, 0) is 5.92 Å². The highest BCUT2D eigenvalue weighted by Gasteiger charge is 2.19. The van der Waals surface area contributed by atoms with Crippen LogP contribution in [0.4, 0.5) is 0 Å². The van der Waals surface area contributed by atoms with E-state index in [0.29, 0.717) is 30.5 Å². The molecule has 0 fully saturated rings. The summed E-state index contributed by atoms with van der Waals surface area (Å²) in [5.74, 6) is 2.73. The highest BCUT2D eigenvalue weighted by molar-refractivity contribution is 5.12. The fourth-order valence-electron chi connectivity index (χ4n) is 2.53. The van der Waals surface area contributed by atoms with Crippen molar-refractivity contribution in [2.45, 2.75) is 58.3 Å². The van der Waals surface area contributed by atoms with Crippen LogP contribution < -0.4 is 0 Å². The SMILES string of the molecule is CC(C)c1cc(CC(C)c2nc(CC(C)c3ncno3)co2)on1. The molecule has 0 N–H and O–H groups in total.